The first-order valence-electron chi connectivity index (χ1n) is 2.78. The molecule has 2 nitrogen and oxygen atoms in total. The molecule has 1 aromatic rings. The van der Waals surface area contributed by atoms with Crippen LogP contribution in [-0.4, -0.2) is 11.1 Å². The van der Waals surface area contributed by atoms with E-state index in [1.165, 1.54) is 11.3 Å². The van der Waals surface area contributed by atoms with Crippen molar-refractivity contribution in [2.24, 2.45) is 0 Å². The number of rotatable bonds is 2. The van der Waals surface area contributed by atoms with E-state index in [1.807, 2.05) is 5.38 Å². The molecule has 0 aliphatic rings. The summed E-state index contributed by atoms with van der Waals surface area (Å²) >= 11 is 4.58. The number of hydrogen-bond donors (Lipinski definition) is 1. The Balaban J connectivity index is 2.94. The fourth-order valence-electron chi connectivity index (χ4n) is 0.577. The molecule has 0 aliphatic heterocycles. The van der Waals surface area contributed by atoms with Crippen molar-refractivity contribution in [3.8, 4) is 0 Å². The standard InChI is InChI=1S/C7H5BrO2S/c1-4(7(9)10)6-2-5(8)3-11-6/h2-3H,1H2,(H,9,10). The fraction of sp³-hybridized carbons (Fsp3) is 0. The molecular formula is C7H5BrO2S. The molecule has 1 N–H and O–H groups in total. The van der Waals surface area contributed by atoms with Crippen molar-refractivity contribution in [1.29, 1.82) is 0 Å². The zero-order chi connectivity index (χ0) is 8.43. The molecule has 1 rings (SSSR count). The molecule has 1 heterocycles. The normalized spacial score (nSPS) is 9.55. The number of aliphatic carboxylic acids is 1. The van der Waals surface area contributed by atoms with Crippen LogP contribution in [0.3, 0.4) is 0 Å². The molecule has 0 amide bonds. The predicted octanol–water partition coefficient (Wildman–Crippen LogP) is 2.61. The molecule has 0 fully saturated rings. The molecule has 0 radical (unpaired) electrons. The lowest BCUT2D eigenvalue weighted by Gasteiger charge is -1.91. The summed E-state index contributed by atoms with van der Waals surface area (Å²) in [7, 11) is 0. The van der Waals surface area contributed by atoms with Gasteiger partial charge in [-0.3, -0.25) is 0 Å². The Labute approximate surface area is 76.3 Å². The van der Waals surface area contributed by atoms with Crippen LogP contribution in [0.25, 0.3) is 5.57 Å². The molecule has 0 bridgehead atoms. The third-order valence-corrected chi connectivity index (χ3v) is 2.87. The Hall–Kier alpha value is -0.610. The highest BCUT2D eigenvalue weighted by atomic mass is 79.9. The van der Waals surface area contributed by atoms with Gasteiger partial charge in [0.05, 0.1) is 5.57 Å². The van der Waals surface area contributed by atoms with Gasteiger partial charge in [0.2, 0.25) is 0 Å². The largest absolute Gasteiger partial charge is 0.478 e. The van der Waals surface area contributed by atoms with Gasteiger partial charge in [0.1, 0.15) is 0 Å². The van der Waals surface area contributed by atoms with E-state index in [0.717, 1.165) is 4.47 Å². The lowest BCUT2D eigenvalue weighted by molar-refractivity contribution is -0.130. The molecule has 0 aromatic carbocycles. The van der Waals surface area contributed by atoms with Crippen LogP contribution in [0, 0.1) is 0 Å². The highest BCUT2D eigenvalue weighted by Crippen LogP contribution is 2.25. The summed E-state index contributed by atoms with van der Waals surface area (Å²) in [4.78, 5) is 11.1. The lowest BCUT2D eigenvalue weighted by atomic mass is 10.2. The van der Waals surface area contributed by atoms with Gasteiger partial charge in [-0.2, -0.15) is 0 Å². The van der Waals surface area contributed by atoms with Crippen LogP contribution in [0.5, 0.6) is 0 Å². The van der Waals surface area contributed by atoms with Gasteiger partial charge < -0.3 is 5.11 Å². The Morgan fingerprint density at radius 3 is 2.73 bits per heavy atom. The molecular weight excluding hydrogens is 228 g/mol. The predicted molar refractivity (Wildman–Crippen MR) is 48.7 cm³/mol. The Morgan fingerprint density at radius 2 is 2.36 bits per heavy atom. The topological polar surface area (TPSA) is 37.3 Å². The van der Waals surface area contributed by atoms with Crippen LogP contribution >= 0.6 is 27.3 Å². The van der Waals surface area contributed by atoms with E-state index in [1.54, 1.807) is 6.07 Å². The van der Waals surface area contributed by atoms with E-state index in [-0.39, 0.29) is 5.57 Å². The molecule has 4 heteroatoms. The summed E-state index contributed by atoms with van der Waals surface area (Å²) in [6, 6.07) is 1.74. The van der Waals surface area contributed by atoms with Crippen LogP contribution in [0.4, 0.5) is 0 Å². The molecule has 0 unspecified atom stereocenters. The van der Waals surface area contributed by atoms with Gasteiger partial charge in [0, 0.05) is 14.7 Å². The van der Waals surface area contributed by atoms with Gasteiger partial charge >= 0.3 is 5.97 Å². The maximum Gasteiger partial charge on any atom is 0.336 e. The van der Waals surface area contributed by atoms with Crippen LogP contribution in [-0.2, 0) is 4.79 Å². The lowest BCUT2D eigenvalue weighted by Crippen LogP contribution is -1.94. The quantitative estimate of drug-likeness (QED) is 0.797. The summed E-state index contributed by atoms with van der Waals surface area (Å²) in [6.07, 6.45) is 0. The van der Waals surface area contributed by atoms with Crippen LogP contribution in [0.1, 0.15) is 4.88 Å². The summed E-state index contributed by atoms with van der Waals surface area (Å²) in [6.45, 7) is 3.43. The highest BCUT2D eigenvalue weighted by molar-refractivity contribution is 9.10. The SMILES string of the molecule is C=C(C(=O)O)c1cc(Br)cs1. The van der Waals surface area contributed by atoms with E-state index in [9.17, 15) is 4.79 Å². The van der Waals surface area contributed by atoms with Crippen LogP contribution < -0.4 is 0 Å². The first-order chi connectivity index (χ1) is 5.11. The maximum absolute atomic E-state index is 10.4. The van der Waals surface area contributed by atoms with E-state index >= 15 is 0 Å². The van der Waals surface area contributed by atoms with Gasteiger partial charge in [-0.1, -0.05) is 6.58 Å². The number of carbonyl (C=O) groups is 1. The van der Waals surface area contributed by atoms with Gasteiger partial charge in [-0.15, -0.1) is 11.3 Å². The number of carboxylic acids is 1. The second-order valence-electron chi connectivity index (χ2n) is 1.91. The first-order valence-corrected chi connectivity index (χ1v) is 4.45. The molecule has 1 aromatic heterocycles. The van der Waals surface area contributed by atoms with Gasteiger partial charge in [0.25, 0.3) is 0 Å². The summed E-state index contributed by atoms with van der Waals surface area (Å²) < 4.78 is 0.889. The number of halogens is 1. The minimum Gasteiger partial charge on any atom is -0.478 e. The second kappa shape index (κ2) is 3.19. The molecule has 0 spiro atoms. The molecule has 0 aliphatic carbocycles. The maximum atomic E-state index is 10.4. The smallest absolute Gasteiger partial charge is 0.336 e. The monoisotopic (exact) mass is 232 g/mol. The Morgan fingerprint density at radius 1 is 1.73 bits per heavy atom. The van der Waals surface area contributed by atoms with Crippen molar-refractivity contribution in [3.05, 3.63) is 27.4 Å². The molecule has 0 saturated heterocycles. The summed E-state index contributed by atoms with van der Waals surface area (Å²) in [5.41, 5.74) is 0.140. The fourth-order valence-corrected chi connectivity index (χ4v) is 1.97. The molecule has 58 valence electrons. The summed E-state index contributed by atoms with van der Waals surface area (Å²) in [5, 5.41) is 10.4. The third kappa shape index (κ3) is 1.91. The van der Waals surface area contributed by atoms with E-state index < -0.39 is 5.97 Å². The van der Waals surface area contributed by atoms with Gasteiger partial charge in [0.15, 0.2) is 0 Å². The van der Waals surface area contributed by atoms with Gasteiger partial charge in [-0.05, 0) is 22.0 Å². The zero-order valence-corrected chi connectivity index (χ0v) is 7.91. The minimum atomic E-state index is -0.973. The van der Waals surface area contributed by atoms with Gasteiger partial charge in [-0.25, -0.2) is 4.79 Å². The Bertz CT molecular complexity index is 303. The zero-order valence-electron chi connectivity index (χ0n) is 5.50. The molecule has 0 atom stereocenters. The van der Waals surface area contributed by atoms with Crippen molar-refractivity contribution in [2.45, 2.75) is 0 Å². The minimum absolute atomic E-state index is 0.140. The second-order valence-corrected chi connectivity index (χ2v) is 3.74. The van der Waals surface area contributed by atoms with Crippen molar-refractivity contribution >= 4 is 38.8 Å². The van der Waals surface area contributed by atoms with E-state index in [0.29, 0.717) is 4.88 Å². The van der Waals surface area contributed by atoms with E-state index in [4.69, 9.17) is 5.11 Å². The van der Waals surface area contributed by atoms with Crippen molar-refractivity contribution in [3.63, 3.8) is 0 Å². The van der Waals surface area contributed by atoms with Crippen LogP contribution in [0.15, 0.2) is 22.5 Å². The Kier molecular flexibility index (Phi) is 2.46. The van der Waals surface area contributed by atoms with Crippen molar-refractivity contribution in [2.75, 3.05) is 0 Å². The average molecular weight is 233 g/mol. The van der Waals surface area contributed by atoms with Crippen molar-refractivity contribution < 1.29 is 9.90 Å². The number of hydrogen-bond acceptors (Lipinski definition) is 2. The van der Waals surface area contributed by atoms with E-state index in [2.05, 4.69) is 22.5 Å². The summed E-state index contributed by atoms with van der Waals surface area (Å²) in [5.74, 6) is -0.973. The number of thiophene rings is 1. The third-order valence-electron chi connectivity index (χ3n) is 1.12. The highest BCUT2D eigenvalue weighted by Gasteiger charge is 2.08. The van der Waals surface area contributed by atoms with Crippen LogP contribution in [0.2, 0.25) is 0 Å². The average Bonchev–Trinajstić information content (AvgIpc) is 2.34. The van der Waals surface area contributed by atoms with Crippen molar-refractivity contribution in [1.82, 2.24) is 0 Å². The first kappa shape index (κ1) is 8.49. The molecule has 11 heavy (non-hydrogen) atoms. The number of carboxylic acid groups (broad SMARTS) is 1. The molecule has 0 saturated carbocycles.